The minimum atomic E-state index is -0.495. The minimum absolute atomic E-state index is 0.495. The summed E-state index contributed by atoms with van der Waals surface area (Å²) in [5.74, 6) is 0.978. The van der Waals surface area contributed by atoms with Crippen LogP contribution in [0.25, 0.3) is 0 Å². The zero-order chi connectivity index (χ0) is 12.3. The molecule has 1 aromatic heterocycles. The van der Waals surface area contributed by atoms with E-state index < -0.39 is 6.10 Å². The van der Waals surface area contributed by atoms with Crippen LogP contribution in [0.5, 0.6) is 0 Å². The lowest BCUT2D eigenvalue weighted by molar-refractivity contribution is 0.167. The maximum atomic E-state index is 10.0. The zero-order valence-electron chi connectivity index (χ0n) is 9.68. The average molecular weight is 251 g/mol. The summed E-state index contributed by atoms with van der Waals surface area (Å²) >= 11 is 5.89. The van der Waals surface area contributed by atoms with Crippen molar-refractivity contribution in [3.8, 4) is 0 Å². The third-order valence-corrected chi connectivity index (χ3v) is 3.03. The monoisotopic (exact) mass is 250 g/mol. The number of hydrogen-bond donors (Lipinski definition) is 1. The molecule has 3 nitrogen and oxygen atoms in total. The number of hydrogen-bond acceptors (Lipinski definition) is 2. The first kappa shape index (κ1) is 12.1. The maximum Gasteiger partial charge on any atom is 0.108 e. The minimum Gasteiger partial charge on any atom is -0.388 e. The van der Waals surface area contributed by atoms with Gasteiger partial charge < -0.3 is 9.67 Å². The number of imidazole rings is 1. The van der Waals surface area contributed by atoms with Crippen LogP contribution in [-0.4, -0.2) is 14.7 Å². The molecule has 1 aromatic carbocycles. The van der Waals surface area contributed by atoms with Crippen molar-refractivity contribution in [2.75, 3.05) is 0 Å². The lowest BCUT2D eigenvalue weighted by Gasteiger charge is -2.11. The van der Waals surface area contributed by atoms with Crippen molar-refractivity contribution in [3.05, 3.63) is 53.1 Å². The predicted molar refractivity (Wildman–Crippen MR) is 67.9 cm³/mol. The molecule has 0 aliphatic carbocycles. The van der Waals surface area contributed by atoms with Gasteiger partial charge in [-0.2, -0.15) is 0 Å². The molecule has 0 bridgehead atoms. The Labute approximate surface area is 106 Å². The topological polar surface area (TPSA) is 38.0 Å². The number of aliphatic hydroxyl groups excluding tert-OH is 1. The van der Waals surface area contributed by atoms with Gasteiger partial charge in [0.15, 0.2) is 0 Å². The van der Waals surface area contributed by atoms with E-state index in [1.807, 2.05) is 29.9 Å². The lowest BCUT2D eigenvalue weighted by Crippen LogP contribution is -2.03. The second-order valence-electron chi connectivity index (χ2n) is 4.06. The number of rotatable bonds is 4. The van der Waals surface area contributed by atoms with Crippen molar-refractivity contribution in [3.63, 3.8) is 0 Å². The van der Waals surface area contributed by atoms with E-state index in [1.54, 1.807) is 18.3 Å². The number of aromatic nitrogens is 2. The molecule has 1 N–H and O–H groups in total. The van der Waals surface area contributed by atoms with E-state index in [9.17, 15) is 5.11 Å². The van der Waals surface area contributed by atoms with E-state index in [2.05, 4.69) is 4.98 Å². The summed E-state index contributed by atoms with van der Waals surface area (Å²) in [5.41, 5.74) is 0.853. The molecule has 1 heterocycles. The van der Waals surface area contributed by atoms with Crippen LogP contribution >= 0.6 is 11.6 Å². The lowest BCUT2D eigenvalue weighted by atomic mass is 10.0. The van der Waals surface area contributed by atoms with E-state index >= 15 is 0 Å². The zero-order valence-corrected chi connectivity index (χ0v) is 10.4. The summed E-state index contributed by atoms with van der Waals surface area (Å²) in [6, 6.07) is 7.33. The number of nitrogens with zero attached hydrogens (tertiary/aromatic N) is 2. The second kappa shape index (κ2) is 5.34. The van der Waals surface area contributed by atoms with Gasteiger partial charge in [0.2, 0.25) is 0 Å². The number of benzene rings is 1. The highest BCUT2D eigenvalue weighted by Crippen LogP contribution is 2.21. The Balaban J connectivity index is 1.98. The highest BCUT2D eigenvalue weighted by molar-refractivity contribution is 6.30. The van der Waals surface area contributed by atoms with Crippen molar-refractivity contribution >= 4 is 11.6 Å². The first-order valence-corrected chi connectivity index (χ1v) is 5.94. The van der Waals surface area contributed by atoms with Crippen LogP contribution in [0.4, 0.5) is 0 Å². The SMILES string of the molecule is Cn1ccnc1CCC(O)c1cccc(Cl)c1. The molecular weight excluding hydrogens is 236 g/mol. The molecule has 0 fully saturated rings. The predicted octanol–water partition coefficient (Wildman–Crippen LogP) is 2.74. The van der Waals surface area contributed by atoms with Crippen molar-refractivity contribution in [2.45, 2.75) is 18.9 Å². The first-order chi connectivity index (χ1) is 8.16. The Morgan fingerprint density at radius 1 is 1.47 bits per heavy atom. The van der Waals surface area contributed by atoms with Gasteiger partial charge in [-0.3, -0.25) is 0 Å². The van der Waals surface area contributed by atoms with Crippen LogP contribution in [0.1, 0.15) is 23.9 Å². The number of aryl methyl sites for hydroxylation is 2. The summed E-state index contributed by atoms with van der Waals surface area (Å²) in [4.78, 5) is 4.22. The van der Waals surface area contributed by atoms with Crippen molar-refractivity contribution in [2.24, 2.45) is 7.05 Å². The van der Waals surface area contributed by atoms with Gasteiger partial charge in [-0.1, -0.05) is 23.7 Å². The summed E-state index contributed by atoms with van der Waals surface area (Å²) in [6.45, 7) is 0. The van der Waals surface area contributed by atoms with E-state index in [0.29, 0.717) is 11.4 Å². The summed E-state index contributed by atoms with van der Waals surface area (Å²) < 4.78 is 1.96. The molecule has 0 amide bonds. The molecule has 90 valence electrons. The van der Waals surface area contributed by atoms with E-state index in [-0.39, 0.29) is 0 Å². The van der Waals surface area contributed by atoms with Gasteiger partial charge >= 0.3 is 0 Å². The third-order valence-electron chi connectivity index (χ3n) is 2.80. The van der Waals surface area contributed by atoms with Crippen molar-refractivity contribution in [1.82, 2.24) is 9.55 Å². The normalized spacial score (nSPS) is 12.6. The fraction of sp³-hybridized carbons (Fsp3) is 0.308. The molecule has 0 aliphatic rings. The van der Waals surface area contributed by atoms with Crippen LogP contribution in [0.3, 0.4) is 0 Å². The fourth-order valence-corrected chi connectivity index (χ4v) is 1.98. The van der Waals surface area contributed by atoms with Gasteiger partial charge in [-0.05, 0) is 24.1 Å². The molecule has 0 radical (unpaired) electrons. The Kier molecular flexibility index (Phi) is 3.82. The molecule has 0 saturated heterocycles. The maximum absolute atomic E-state index is 10.0. The largest absolute Gasteiger partial charge is 0.388 e. The van der Waals surface area contributed by atoms with Crippen LogP contribution < -0.4 is 0 Å². The van der Waals surface area contributed by atoms with Crippen LogP contribution in [0, 0.1) is 0 Å². The molecule has 1 unspecified atom stereocenters. The van der Waals surface area contributed by atoms with E-state index in [1.165, 1.54) is 0 Å². The molecular formula is C13H15ClN2O. The highest BCUT2D eigenvalue weighted by atomic mass is 35.5. The van der Waals surface area contributed by atoms with Crippen LogP contribution in [0.15, 0.2) is 36.7 Å². The first-order valence-electron chi connectivity index (χ1n) is 5.56. The number of aliphatic hydroxyl groups is 1. The Hall–Kier alpha value is -1.32. The molecule has 2 rings (SSSR count). The quantitative estimate of drug-likeness (QED) is 0.906. The summed E-state index contributed by atoms with van der Waals surface area (Å²) in [7, 11) is 1.95. The van der Waals surface area contributed by atoms with Crippen molar-refractivity contribution < 1.29 is 5.11 Å². The molecule has 0 aliphatic heterocycles. The average Bonchev–Trinajstić information content (AvgIpc) is 2.72. The van der Waals surface area contributed by atoms with Gasteiger partial charge in [-0.15, -0.1) is 0 Å². The Morgan fingerprint density at radius 2 is 2.29 bits per heavy atom. The Morgan fingerprint density at radius 3 is 2.94 bits per heavy atom. The molecule has 0 spiro atoms. The van der Waals surface area contributed by atoms with Crippen LogP contribution in [-0.2, 0) is 13.5 Å². The van der Waals surface area contributed by atoms with Gasteiger partial charge in [-0.25, -0.2) is 4.98 Å². The molecule has 0 saturated carbocycles. The van der Waals surface area contributed by atoms with Gasteiger partial charge in [0.25, 0.3) is 0 Å². The van der Waals surface area contributed by atoms with E-state index in [4.69, 9.17) is 11.6 Å². The Bertz CT molecular complexity index is 496. The summed E-state index contributed by atoms with van der Waals surface area (Å²) in [6.07, 6.45) is 4.57. The molecule has 2 aromatic rings. The molecule has 17 heavy (non-hydrogen) atoms. The number of halogens is 1. The highest BCUT2D eigenvalue weighted by Gasteiger charge is 2.09. The summed E-state index contributed by atoms with van der Waals surface area (Å²) in [5, 5.41) is 10.7. The fourth-order valence-electron chi connectivity index (χ4n) is 1.78. The van der Waals surface area contributed by atoms with Gasteiger partial charge in [0, 0.05) is 30.9 Å². The van der Waals surface area contributed by atoms with Gasteiger partial charge in [0.05, 0.1) is 6.10 Å². The smallest absolute Gasteiger partial charge is 0.108 e. The second-order valence-corrected chi connectivity index (χ2v) is 4.50. The standard InChI is InChI=1S/C13H15ClN2O/c1-16-8-7-15-13(16)6-5-12(17)10-3-2-4-11(14)9-10/h2-4,7-9,12,17H,5-6H2,1H3. The molecule has 4 heteroatoms. The third kappa shape index (κ3) is 3.08. The van der Waals surface area contributed by atoms with Gasteiger partial charge in [0.1, 0.15) is 5.82 Å². The molecule has 1 atom stereocenters. The van der Waals surface area contributed by atoms with Crippen LogP contribution in [0.2, 0.25) is 5.02 Å². The van der Waals surface area contributed by atoms with Crippen molar-refractivity contribution in [1.29, 1.82) is 0 Å². The van der Waals surface area contributed by atoms with E-state index in [0.717, 1.165) is 17.8 Å².